The van der Waals surface area contributed by atoms with Gasteiger partial charge in [0.15, 0.2) is 0 Å². The van der Waals surface area contributed by atoms with Gasteiger partial charge in [-0.2, -0.15) is 5.01 Å². The summed E-state index contributed by atoms with van der Waals surface area (Å²) in [4.78, 5) is 51.5. The zero-order valence-corrected chi connectivity index (χ0v) is 16.1. The molecule has 2 saturated heterocycles. The van der Waals surface area contributed by atoms with E-state index in [-0.39, 0.29) is 18.7 Å². The molecule has 0 saturated carbocycles. The Kier molecular flexibility index (Phi) is 4.73. The van der Waals surface area contributed by atoms with Gasteiger partial charge in [-0.1, -0.05) is 42.5 Å². The van der Waals surface area contributed by atoms with Crippen LogP contribution in [0.2, 0.25) is 0 Å². The highest BCUT2D eigenvalue weighted by atomic mass is 19.1. The summed E-state index contributed by atoms with van der Waals surface area (Å²) in [5.74, 6) is -3.11. The first-order chi connectivity index (χ1) is 14.3. The Morgan fingerprint density at radius 3 is 2.47 bits per heavy atom. The van der Waals surface area contributed by atoms with Crippen molar-refractivity contribution in [2.75, 3.05) is 11.4 Å². The van der Waals surface area contributed by atoms with Gasteiger partial charge in [0.05, 0.1) is 11.6 Å². The van der Waals surface area contributed by atoms with Gasteiger partial charge in [0, 0.05) is 13.0 Å². The minimum Gasteiger partial charge on any atom is -0.318 e. The predicted molar refractivity (Wildman–Crippen MR) is 104 cm³/mol. The molecule has 30 heavy (non-hydrogen) atoms. The predicted octanol–water partition coefficient (Wildman–Crippen LogP) is 1.68. The van der Waals surface area contributed by atoms with Crippen molar-refractivity contribution in [3.05, 3.63) is 66.0 Å². The van der Waals surface area contributed by atoms with Crippen LogP contribution in [-0.2, 0) is 19.9 Å². The fourth-order valence-corrected chi connectivity index (χ4v) is 3.70. The molecule has 2 aromatic rings. The number of benzene rings is 2. The molecule has 2 atom stereocenters. The van der Waals surface area contributed by atoms with Gasteiger partial charge in [-0.05, 0) is 24.6 Å². The topological polar surface area (TPSA) is 98.8 Å². The van der Waals surface area contributed by atoms with Crippen molar-refractivity contribution in [3.63, 3.8) is 0 Å². The monoisotopic (exact) mass is 410 g/mol. The first kappa shape index (κ1) is 19.6. The molecule has 9 heteroatoms. The lowest BCUT2D eigenvalue weighted by molar-refractivity contribution is -0.140. The molecule has 2 heterocycles. The quantitative estimate of drug-likeness (QED) is 0.750. The van der Waals surface area contributed by atoms with Crippen molar-refractivity contribution in [2.24, 2.45) is 5.92 Å². The molecule has 2 aromatic carbocycles. The molecular weight excluding hydrogens is 391 g/mol. The molecule has 4 rings (SSSR count). The van der Waals surface area contributed by atoms with E-state index in [2.05, 4.69) is 10.7 Å². The lowest BCUT2D eigenvalue weighted by Crippen LogP contribution is -2.50. The van der Waals surface area contributed by atoms with Crippen LogP contribution in [0.5, 0.6) is 0 Å². The van der Waals surface area contributed by atoms with Gasteiger partial charge in [0.25, 0.3) is 5.91 Å². The normalized spacial score (nSPS) is 23.7. The molecule has 0 bridgehead atoms. The molecule has 2 N–H and O–H groups in total. The molecule has 2 aliphatic heterocycles. The molecule has 2 aliphatic rings. The highest BCUT2D eigenvalue weighted by Gasteiger charge is 2.50. The Hall–Kier alpha value is -3.75. The first-order valence-corrected chi connectivity index (χ1v) is 9.39. The van der Waals surface area contributed by atoms with Crippen molar-refractivity contribution in [2.45, 2.75) is 18.9 Å². The summed E-state index contributed by atoms with van der Waals surface area (Å²) in [7, 11) is 0. The van der Waals surface area contributed by atoms with E-state index in [9.17, 15) is 23.6 Å². The molecule has 2 fully saturated rings. The smallest absolute Gasteiger partial charge is 0.318 e. The van der Waals surface area contributed by atoms with Gasteiger partial charge in [-0.25, -0.2) is 9.18 Å². The summed E-state index contributed by atoms with van der Waals surface area (Å²) in [5, 5.41) is 3.22. The number of halogens is 1. The zero-order chi connectivity index (χ0) is 21.5. The van der Waals surface area contributed by atoms with Crippen LogP contribution in [0.1, 0.15) is 18.9 Å². The number of para-hydroxylation sites is 1. The summed E-state index contributed by atoms with van der Waals surface area (Å²) in [6.07, 6.45) is -0.153. The maximum atomic E-state index is 14.0. The van der Waals surface area contributed by atoms with Gasteiger partial charge >= 0.3 is 6.03 Å². The Labute approximate surface area is 171 Å². The van der Waals surface area contributed by atoms with Crippen molar-refractivity contribution < 1.29 is 23.6 Å². The van der Waals surface area contributed by atoms with Gasteiger partial charge < -0.3 is 10.2 Å². The highest BCUT2D eigenvalue weighted by molar-refractivity contribution is 6.08. The average Bonchev–Trinajstić information content (AvgIpc) is 3.22. The Morgan fingerprint density at radius 1 is 1.10 bits per heavy atom. The van der Waals surface area contributed by atoms with E-state index in [1.54, 1.807) is 43.3 Å². The van der Waals surface area contributed by atoms with E-state index in [1.165, 1.54) is 23.1 Å². The molecule has 0 radical (unpaired) electrons. The Morgan fingerprint density at radius 2 is 1.77 bits per heavy atom. The first-order valence-electron chi connectivity index (χ1n) is 9.39. The van der Waals surface area contributed by atoms with Crippen LogP contribution < -0.4 is 15.6 Å². The zero-order valence-electron chi connectivity index (χ0n) is 16.1. The summed E-state index contributed by atoms with van der Waals surface area (Å²) < 4.78 is 14.0. The second-order valence-corrected chi connectivity index (χ2v) is 7.39. The van der Waals surface area contributed by atoms with E-state index >= 15 is 0 Å². The summed E-state index contributed by atoms with van der Waals surface area (Å²) in [6, 6.07) is 13.7. The van der Waals surface area contributed by atoms with Gasteiger partial charge in [-0.3, -0.25) is 19.8 Å². The van der Waals surface area contributed by atoms with Gasteiger partial charge in [0.1, 0.15) is 11.4 Å². The van der Waals surface area contributed by atoms with Crippen LogP contribution in [0.3, 0.4) is 0 Å². The third kappa shape index (κ3) is 3.18. The third-order valence-corrected chi connectivity index (χ3v) is 5.40. The van der Waals surface area contributed by atoms with Crippen molar-refractivity contribution in [1.82, 2.24) is 15.8 Å². The van der Waals surface area contributed by atoms with E-state index in [4.69, 9.17) is 0 Å². The van der Waals surface area contributed by atoms with Crippen molar-refractivity contribution in [3.8, 4) is 0 Å². The van der Waals surface area contributed by atoms with Crippen LogP contribution in [0, 0.1) is 11.7 Å². The van der Waals surface area contributed by atoms with Crippen LogP contribution in [0.25, 0.3) is 0 Å². The number of rotatable bonds is 4. The second-order valence-electron chi connectivity index (χ2n) is 7.39. The number of amides is 5. The highest BCUT2D eigenvalue weighted by Crippen LogP contribution is 2.29. The molecule has 8 nitrogen and oxygen atoms in total. The van der Waals surface area contributed by atoms with E-state index in [1.807, 2.05) is 0 Å². The van der Waals surface area contributed by atoms with Gasteiger partial charge in [-0.15, -0.1) is 0 Å². The minimum atomic E-state index is -1.32. The standard InChI is InChI=1S/C21H19FN4O4/c1-21(14-7-3-2-4-8-14)19(29)26(20(30)23-21)24-18(28)13-11-17(27)25(12-13)16-10-6-5-9-15(16)22/h2-10,13H,11-12H2,1H3,(H,23,30)(H,24,28)/t13-,21+/m1/s1. The molecule has 0 unspecified atom stereocenters. The SMILES string of the molecule is C[C@@]1(c2ccccc2)NC(=O)N(NC(=O)[C@@H]2CC(=O)N(c3ccccc3F)C2)C1=O. The summed E-state index contributed by atoms with van der Waals surface area (Å²) >= 11 is 0. The number of nitrogens with zero attached hydrogens (tertiary/aromatic N) is 2. The summed E-state index contributed by atoms with van der Waals surface area (Å²) in [5.41, 5.74) is 1.65. The van der Waals surface area contributed by atoms with Crippen LogP contribution in [0.15, 0.2) is 54.6 Å². The van der Waals surface area contributed by atoms with E-state index < -0.39 is 41.0 Å². The Balaban J connectivity index is 1.48. The molecule has 0 aliphatic carbocycles. The number of imide groups is 1. The maximum absolute atomic E-state index is 14.0. The number of carbonyl (C=O) groups excluding carboxylic acids is 4. The van der Waals surface area contributed by atoms with Crippen LogP contribution >= 0.6 is 0 Å². The number of anilines is 1. The second kappa shape index (κ2) is 7.25. The number of hydrogen-bond acceptors (Lipinski definition) is 4. The molecule has 0 spiro atoms. The van der Waals surface area contributed by atoms with Crippen LogP contribution in [-0.4, -0.2) is 35.3 Å². The number of carbonyl (C=O) groups is 4. The maximum Gasteiger partial charge on any atom is 0.344 e. The fourth-order valence-electron chi connectivity index (χ4n) is 3.70. The van der Waals surface area contributed by atoms with Crippen molar-refractivity contribution in [1.29, 1.82) is 0 Å². The fraction of sp³-hybridized carbons (Fsp3) is 0.238. The van der Waals surface area contributed by atoms with Crippen LogP contribution in [0.4, 0.5) is 14.9 Å². The molecule has 154 valence electrons. The minimum absolute atomic E-state index is 0.0504. The lowest BCUT2D eigenvalue weighted by Gasteiger charge is -2.22. The summed E-state index contributed by atoms with van der Waals surface area (Å²) in [6.45, 7) is 1.50. The third-order valence-electron chi connectivity index (χ3n) is 5.40. The average molecular weight is 410 g/mol. The number of hydrazine groups is 1. The van der Waals surface area contributed by atoms with Crippen molar-refractivity contribution >= 4 is 29.4 Å². The van der Waals surface area contributed by atoms with Gasteiger partial charge in [0.2, 0.25) is 11.8 Å². The van der Waals surface area contributed by atoms with E-state index in [0.717, 1.165) is 0 Å². The Bertz CT molecular complexity index is 1040. The number of hydrogen-bond donors (Lipinski definition) is 2. The van der Waals surface area contributed by atoms with E-state index in [0.29, 0.717) is 10.6 Å². The number of urea groups is 1. The molecule has 0 aromatic heterocycles. The largest absolute Gasteiger partial charge is 0.344 e. The number of nitrogens with one attached hydrogen (secondary N) is 2. The lowest BCUT2D eigenvalue weighted by atomic mass is 9.92. The molecular formula is C21H19FN4O4. The molecule has 5 amide bonds.